The lowest BCUT2D eigenvalue weighted by Crippen LogP contribution is -2.16. The summed E-state index contributed by atoms with van der Waals surface area (Å²) in [7, 11) is 0. The van der Waals surface area contributed by atoms with Gasteiger partial charge in [0.15, 0.2) is 0 Å². The van der Waals surface area contributed by atoms with Crippen molar-refractivity contribution in [3.05, 3.63) is 27.7 Å². The first-order valence-electron chi connectivity index (χ1n) is 7.74. The lowest BCUT2D eigenvalue weighted by atomic mass is 10.1. The molecule has 0 aliphatic rings. The van der Waals surface area contributed by atoms with E-state index in [-0.39, 0.29) is 0 Å². The first-order chi connectivity index (χ1) is 10.0. The van der Waals surface area contributed by atoms with E-state index in [1.54, 1.807) is 0 Å². The summed E-state index contributed by atoms with van der Waals surface area (Å²) in [6.45, 7) is 12.4. The minimum Gasteiger partial charge on any atom is -0.491 e. The Morgan fingerprint density at radius 2 is 2.00 bits per heavy atom. The predicted octanol–water partition coefficient (Wildman–Crippen LogP) is 4.31. The van der Waals surface area contributed by atoms with Crippen molar-refractivity contribution in [1.82, 2.24) is 5.32 Å². The molecule has 0 aliphatic heterocycles. The van der Waals surface area contributed by atoms with E-state index < -0.39 is 0 Å². The predicted molar refractivity (Wildman–Crippen MR) is 92.0 cm³/mol. The molecule has 1 aromatic carbocycles. The van der Waals surface area contributed by atoms with E-state index >= 15 is 0 Å². The van der Waals surface area contributed by atoms with Gasteiger partial charge in [0.05, 0.1) is 6.61 Å². The molecule has 21 heavy (non-hydrogen) atoms. The largest absolute Gasteiger partial charge is 0.491 e. The van der Waals surface area contributed by atoms with Crippen molar-refractivity contribution in [3.8, 4) is 5.75 Å². The molecule has 0 heterocycles. The molecule has 0 unspecified atom stereocenters. The molecule has 1 N–H and O–H groups in total. The molecule has 4 heteroatoms. The standard InChI is InChI=1S/C17H28BrNO2/c1-5-6-19-11-15-10-16(18)9-14(4)17(15)21-8-7-20-12-13(2)3/h9-10,13,19H,5-8,11-12H2,1-4H3. The van der Waals surface area contributed by atoms with E-state index in [9.17, 15) is 0 Å². The monoisotopic (exact) mass is 357 g/mol. The third-order valence-electron chi connectivity index (χ3n) is 2.98. The second-order valence-electron chi connectivity index (χ2n) is 5.70. The molecule has 0 amide bonds. The molecule has 3 nitrogen and oxygen atoms in total. The highest BCUT2D eigenvalue weighted by Gasteiger charge is 2.09. The van der Waals surface area contributed by atoms with Gasteiger partial charge in [-0.25, -0.2) is 0 Å². The van der Waals surface area contributed by atoms with Gasteiger partial charge in [0, 0.05) is 23.2 Å². The fourth-order valence-corrected chi connectivity index (χ4v) is 2.68. The van der Waals surface area contributed by atoms with Crippen molar-refractivity contribution >= 4 is 15.9 Å². The number of hydrogen-bond donors (Lipinski definition) is 1. The molecule has 0 fully saturated rings. The first kappa shape index (κ1) is 18.5. The van der Waals surface area contributed by atoms with Crippen molar-refractivity contribution in [3.63, 3.8) is 0 Å². The summed E-state index contributed by atoms with van der Waals surface area (Å²) < 4.78 is 12.6. The molecular formula is C17H28BrNO2. The van der Waals surface area contributed by atoms with Gasteiger partial charge in [0.25, 0.3) is 0 Å². The molecule has 0 aromatic heterocycles. The maximum atomic E-state index is 5.95. The molecule has 0 saturated carbocycles. The summed E-state index contributed by atoms with van der Waals surface area (Å²) in [6.07, 6.45) is 1.13. The van der Waals surface area contributed by atoms with Crippen LogP contribution in [0.25, 0.3) is 0 Å². The van der Waals surface area contributed by atoms with E-state index in [0.29, 0.717) is 19.1 Å². The molecule has 0 spiro atoms. The molecule has 0 radical (unpaired) electrons. The summed E-state index contributed by atoms with van der Waals surface area (Å²) in [5.41, 5.74) is 2.35. The van der Waals surface area contributed by atoms with Gasteiger partial charge >= 0.3 is 0 Å². The minimum absolute atomic E-state index is 0.563. The Kier molecular flexibility index (Phi) is 8.97. The average molecular weight is 358 g/mol. The topological polar surface area (TPSA) is 30.5 Å². The maximum Gasteiger partial charge on any atom is 0.126 e. The zero-order chi connectivity index (χ0) is 15.7. The van der Waals surface area contributed by atoms with E-state index in [1.165, 1.54) is 5.56 Å². The second kappa shape index (κ2) is 10.2. The zero-order valence-electron chi connectivity index (χ0n) is 13.7. The Labute approximate surface area is 137 Å². The SMILES string of the molecule is CCCNCc1cc(Br)cc(C)c1OCCOCC(C)C. The highest BCUT2D eigenvalue weighted by Crippen LogP contribution is 2.28. The van der Waals surface area contributed by atoms with Gasteiger partial charge in [0.2, 0.25) is 0 Å². The highest BCUT2D eigenvalue weighted by atomic mass is 79.9. The van der Waals surface area contributed by atoms with Gasteiger partial charge in [-0.2, -0.15) is 0 Å². The van der Waals surface area contributed by atoms with Crippen LogP contribution < -0.4 is 10.1 Å². The van der Waals surface area contributed by atoms with Gasteiger partial charge in [-0.3, -0.25) is 0 Å². The number of ether oxygens (including phenoxy) is 2. The second-order valence-corrected chi connectivity index (χ2v) is 6.62. The van der Waals surface area contributed by atoms with Gasteiger partial charge in [-0.1, -0.05) is 36.7 Å². The van der Waals surface area contributed by atoms with E-state index in [1.807, 2.05) is 0 Å². The first-order valence-corrected chi connectivity index (χ1v) is 8.54. The summed E-state index contributed by atoms with van der Waals surface area (Å²) >= 11 is 3.56. The maximum absolute atomic E-state index is 5.95. The summed E-state index contributed by atoms with van der Waals surface area (Å²) in [5.74, 6) is 1.54. The molecular weight excluding hydrogens is 330 g/mol. The van der Waals surface area contributed by atoms with Crippen LogP contribution in [0.3, 0.4) is 0 Å². The molecule has 0 aliphatic carbocycles. The molecule has 1 rings (SSSR count). The molecule has 1 aromatic rings. The third-order valence-corrected chi connectivity index (χ3v) is 3.44. The van der Waals surface area contributed by atoms with E-state index in [2.05, 4.69) is 61.1 Å². The van der Waals surface area contributed by atoms with Crippen molar-refractivity contribution in [2.24, 2.45) is 5.92 Å². The highest BCUT2D eigenvalue weighted by molar-refractivity contribution is 9.10. The number of hydrogen-bond acceptors (Lipinski definition) is 3. The van der Waals surface area contributed by atoms with Gasteiger partial charge < -0.3 is 14.8 Å². The zero-order valence-corrected chi connectivity index (χ0v) is 15.3. The van der Waals surface area contributed by atoms with Crippen LogP contribution in [0.4, 0.5) is 0 Å². The number of benzene rings is 1. The third kappa shape index (κ3) is 7.30. The summed E-state index contributed by atoms with van der Waals surface area (Å²) in [4.78, 5) is 0. The smallest absolute Gasteiger partial charge is 0.126 e. The van der Waals surface area contributed by atoms with Crippen LogP contribution in [0.1, 0.15) is 38.3 Å². The number of nitrogens with one attached hydrogen (secondary N) is 1. The number of rotatable bonds is 10. The molecule has 0 atom stereocenters. The van der Waals surface area contributed by atoms with Crippen LogP contribution in [-0.2, 0) is 11.3 Å². The Morgan fingerprint density at radius 3 is 2.67 bits per heavy atom. The van der Waals surface area contributed by atoms with E-state index in [0.717, 1.165) is 41.9 Å². The van der Waals surface area contributed by atoms with Crippen LogP contribution >= 0.6 is 15.9 Å². The number of halogens is 1. The van der Waals surface area contributed by atoms with Gasteiger partial charge in [-0.15, -0.1) is 0 Å². The van der Waals surface area contributed by atoms with Crippen LogP contribution in [0.5, 0.6) is 5.75 Å². The van der Waals surface area contributed by atoms with Crippen molar-refractivity contribution in [1.29, 1.82) is 0 Å². The Bertz CT molecular complexity index is 421. The van der Waals surface area contributed by atoms with Crippen LogP contribution in [0, 0.1) is 12.8 Å². The van der Waals surface area contributed by atoms with Crippen molar-refractivity contribution < 1.29 is 9.47 Å². The van der Waals surface area contributed by atoms with Crippen LogP contribution in [0.15, 0.2) is 16.6 Å². The summed E-state index contributed by atoms with van der Waals surface area (Å²) in [5, 5.41) is 3.43. The molecule has 0 saturated heterocycles. The minimum atomic E-state index is 0.563. The average Bonchev–Trinajstić information content (AvgIpc) is 2.40. The quantitative estimate of drug-likeness (QED) is 0.633. The lowest BCUT2D eigenvalue weighted by molar-refractivity contribution is 0.0814. The lowest BCUT2D eigenvalue weighted by Gasteiger charge is -2.16. The Morgan fingerprint density at radius 1 is 1.24 bits per heavy atom. The molecule has 0 bridgehead atoms. The van der Waals surface area contributed by atoms with Gasteiger partial charge in [0.1, 0.15) is 12.4 Å². The van der Waals surface area contributed by atoms with Crippen LogP contribution in [-0.4, -0.2) is 26.4 Å². The fraction of sp³-hybridized carbons (Fsp3) is 0.647. The Hall–Kier alpha value is -0.580. The molecule has 120 valence electrons. The summed E-state index contributed by atoms with van der Waals surface area (Å²) in [6, 6.07) is 4.22. The van der Waals surface area contributed by atoms with Crippen LogP contribution in [0.2, 0.25) is 0 Å². The van der Waals surface area contributed by atoms with Crippen molar-refractivity contribution in [2.75, 3.05) is 26.4 Å². The van der Waals surface area contributed by atoms with Crippen molar-refractivity contribution in [2.45, 2.75) is 40.7 Å². The number of aryl methyl sites for hydroxylation is 1. The van der Waals surface area contributed by atoms with Gasteiger partial charge in [-0.05, 0) is 43.5 Å². The normalized spacial score (nSPS) is 11.1. The Balaban J connectivity index is 2.57. The van der Waals surface area contributed by atoms with E-state index in [4.69, 9.17) is 9.47 Å². The fourth-order valence-electron chi connectivity index (χ4n) is 2.06.